The van der Waals surface area contributed by atoms with E-state index in [1.165, 1.54) is 30.3 Å². The SMILES string of the molecule is CCCc1ccc(-c2ccc(-c3ccc4c(c3F)-c3c-4ccc(F)c3F)c(F)c2F)cc1. The van der Waals surface area contributed by atoms with Crippen LogP contribution < -0.4 is 0 Å². The maximum atomic E-state index is 15.3. The van der Waals surface area contributed by atoms with Gasteiger partial charge in [-0.2, -0.15) is 0 Å². The summed E-state index contributed by atoms with van der Waals surface area (Å²) in [5.74, 6) is -5.44. The van der Waals surface area contributed by atoms with E-state index in [1.807, 2.05) is 12.1 Å². The maximum Gasteiger partial charge on any atom is 0.167 e. The summed E-state index contributed by atoms with van der Waals surface area (Å²) in [6.07, 6.45) is 1.87. The lowest BCUT2D eigenvalue weighted by Crippen LogP contribution is -2.08. The molecule has 0 radical (unpaired) electrons. The average molecular weight is 436 g/mol. The first-order valence-corrected chi connectivity index (χ1v) is 10.3. The smallest absolute Gasteiger partial charge is 0.167 e. The highest BCUT2D eigenvalue weighted by Crippen LogP contribution is 2.52. The molecule has 4 aromatic rings. The van der Waals surface area contributed by atoms with E-state index in [0.717, 1.165) is 24.5 Å². The van der Waals surface area contributed by atoms with Crippen molar-refractivity contribution in [3.8, 4) is 44.5 Å². The standard InChI is InChI=1S/C27H17F5/c1-2-3-14-4-6-15(7-5-14)16-8-10-20(26(31)25(16)30)19-11-9-17-18-12-13-21(28)27(32)23(18)22(17)24(19)29/h4-13H,2-3H2,1H3. The predicted molar refractivity (Wildman–Crippen MR) is 116 cm³/mol. The van der Waals surface area contributed by atoms with Gasteiger partial charge in [0.05, 0.1) is 0 Å². The molecule has 0 bridgehead atoms. The largest absolute Gasteiger partial charge is 0.206 e. The molecule has 0 spiro atoms. The van der Waals surface area contributed by atoms with Crippen LogP contribution in [0.15, 0.2) is 60.7 Å². The number of rotatable bonds is 4. The van der Waals surface area contributed by atoms with Gasteiger partial charge >= 0.3 is 0 Å². The van der Waals surface area contributed by atoms with Crippen LogP contribution in [0.1, 0.15) is 18.9 Å². The first kappa shape index (κ1) is 20.4. The number of hydrogen-bond donors (Lipinski definition) is 0. The van der Waals surface area contributed by atoms with E-state index in [2.05, 4.69) is 6.92 Å². The van der Waals surface area contributed by atoms with Gasteiger partial charge in [0.2, 0.25) is 0 Å². The molecule has 0 aliphatic heterocycles. The number of halogens is 5. The minimum atomic E-state index is -1.20. The van der Waals surface area contributed by atoms with E-state index in [1.54, 1.807) is 12.1 Å². The van der Waals surface area contributed by atoms with Gasteiger partial charge in [-0.05, 0) is 34.7 Å². The van der Waals surface area contributed by atoms with Crippen LogP contribution in [-0.2, 0) is 6.42 Å². The Morgan fingerprint density at radius 1 is 0.500 bits per heavy atom. The molecule has 0 amide bonds. The van der Waals surface area contributed by atoms with Gasteiger partial charge in [-0.3, -0.25) is 0 Å². The Bertz CT molecular complexity index is 1370. The second-order valence-corrected chi connectivity index (χ2v) is 7.87. The molecule has 0 unspecified atom stereocenters. The van der Waals surface area contributed by atoms with Crippen LogP contribution in [-0.4, -0.2) is 0 Å². The van der Waals surface area contributed by atoms with Crippen LogP contribution in [0.2, 0.25) is 0 Å². The van der Waals surface area contributed by atoms with Gasteiger partial charge in [-0.1, -0.05) is 67.9 Å². The number of hydrogen-bond acceptors (Lipinski definition) is 0. The molecule has 1 aliphatic rings. The Morgan fingerprint density at radius 3 is 1.66 bits per heavy atom. The van der Waals surface area contributed by atoms with Crippen molar-refractivity contribution in [3.63, 3.8) is 0 Å². The van der Waals surface area contributed by atoms with Gasteiger partial charge in [0.15, 0.2) is 23.3 Å². The normalized spacial score (nSPS) is 11.7. The fourth-order valence-corrected chi connectivity index (χ4v) is 4.33. The summed E-state index contributed by atoms with van der Waals surface area (Å²) in [5, 5.41) is 0. The summed E-state index contributed by atoms with van der Waals surface area (Å²) in [6.45, 7) is 2.06. The lowest BCUT2D eigenvalue weighted by atomic mass is 9.78. The molecule has 0 nitrogen and oxygen atoms in total. The van der Waals surface area contributed by atoms with Crippen molar-refractivity contribution in [1.29, 1.82) is 0 Å². The molecule has 0 fully saturated rings. The van der Waals surface area contributed by atoms with Crippen molar-refractivity contribution in [3.05, 3.63) is 95.3 Å². The fraction of sp³-hybridized carbons (Fsp3) is 0.111. The monoisotopic (exact) mass is 436 g/mol. The van der Waals surface area contributed by atoms with Gasteiger partial charge in [0.25, 0.3) is 0 Å². The minimum absolute atomic E-state index is 0.0668. The molecular formula is C27H17F5. The molecule has 0 saturated heterocycles. The molecule has 0 aromatic heterocycles. The highest BCUT2D eigenvalue weighted by molar-refractivity contribution is 6.04. The van der Waals surface area contributed by atoms with Crippen molar-refractivity contribution in [2.45, 2.75) is 19.8 Å². The average Bonchev–Trinajstić information content (AvgIpc) is 2.77. The van der Waals surface area contributed by atoms with Crippen molar-refractivity contribution < 1.29 is 22.0 Å². The second-order valence-electron chi connectivity index (χ2n) is 7.87. The second kappa shape index (κ2) is 7.59. The summed E-state index contributed by atoms with van der Waals surface area (Å²) in [7, 11) is 0. The summed E-state index contributed by atoms with van der Waals surface area (Å²) >= 11 is 0. The van der Waals surface area contributed by atoms with Crippen molar-refractivity contribution >= 4 is 0 Å². The molecule has 32 heavy (non-hydrogen) atoms. The highest BCUT2D eigenvalue weighted by atomic mass is 19.2. The first-order valence-electron chi connectivity index (χ1n) is 10.3. The van der Waals surface area contributed by atoms with Crippen LogP contribution in [0.4, 0.5) is 22.0 Å². The zero-order valence-electron chi connectivity index (χ0n) is 17.1. The third kappa shape index (κ3) is 2.95. The van der Waals surface area contributed by atoms with Gasteiger partial charge < -0.3 is 0 Å². The summed E-state index contributed by atoms with van der Waals surface area (Å²) in [6, 6.07) is 15.1. The molecule has 160 valence electrons. The van der Waals surface area contributed by atoms with Crippen LogP contribution in [0.25, 0.3) is 44.5 Å². The van der Waals surface area contributed by atoms with E-state index in [-0.39, 0.29) is 27.8 Å². The number of fused-ring (bicyclic) bond motifs is 4. The predicted octanol–water partition coefficient (Wildman–Crippen LogP) is 8.32. The number of aryl methyl sites for hydroxylation is 1. The third-order valence-electron chi connectivity index (χ3n) is 5.95. The zero-order valence-corrected chi connectivity index (χ0v) is 17.1. The molecule has 0 atom stereocenters. The quantitative estimate of drug-likeness (QED) is 0.249. The molecular weight excluding hydrogens is 419 g/mol. The van der Waals surface area contributed by atoms with Crippen molar-refractivity contribution in [2.75, 3.05) is 0 Å². The lowest BCUT2D eigenvalue weighted by Gasteiger charge is -2.26. The molecule has 0 N–H and O–H groups in total. The van der Waals surface area contributed by atoms with Crippen LogP contribution in [0.3, 0.4) is 0 Å². The van der Waals surface area contributed by atoms with E-state index >= 15 is 8.78 Å². The van der Waals surface area contributed by atoms with Crippen LogP contribution in [0, 0.1) is 29.1 Å². The Morgan fingerprint density at radius 2 is 1.00 bits per heavy atom. The Labute approximate surface area is 182 Å². The summed E-state index contributed by atoms with van der Waals surface area (Å²) in [5.41, 5.74) is 1.69. The van der Waals surface area contributed by atoms with E-state index < -0.39 is 29.1 Å². The Hall–Kier alpha value is -3.47. The van der Waals surface area contributed by atoms with Crippen LogP contribution in [0.5, 0.6) is 0 Å². The minimum Gasteiger partial charge on any atom is -0.206 e. The van der Waals surface area contributed by atoms with Gasteiger partial charge in [-0.25, -0.2) is 22.0 Å². The first-order chi connectivity index (χ1) is 15.4. The van der Waals surface area contributed by atoms with E-state index in [4.69, 9.17) is 0 Å². The van der Waals surface area contributed by atoms with Crippen molar-refractivity contribution in [2.24, 2.45) is 0 Å². The Kier molecular flexibility index (Phi) is 4.85. The molecule has 0 heterocycles. The zero-order chi connectivity index (χ0) is 22.6. The number of benzene rings is 4. The molecule has 5 rings (SSSR count). The molecule has 0 saturated carbocycles. The molecule has 1 aliphatic carbocycles. The summed E-state index contributed by atoms with van der Waals surface area (Å²) in [4.78, 5) is 0. The Balaban J connectivity index is 1.58. The topological polar surface area (TPSA) is 0 Å². The fourth-order valence-electron chi connectivity index (χ4n) is 4.33. The van der Waals surface area contributed by atoms with Crippen molar-refractivity contribution in [1.82, 2.24) is 0 Å². The van der Waals surface area contributed by atoms with Gasteiger partial charge in [-0.15, -0.1) is 0 Å². The van der Waals surface area contributed by atoms with Gasteiger partial charge in [0, 0.05) is 27.8 Å². The van der Waals surface area contributed by atoms with Crippen LogP contribution >= 0.6 is 0 Å². The summed E-state index contributed by atoms with van der Waals surface area (Å²) < 4.78 is 73.1. The third-order valence-corrected chi connectivity index (χ3v) is 5.95. The lowest BCUT2D eigenvalue weighted by molar-refractivity contribution is 0.509. The van der Waals surface area contributed by atoms with E-state index in [0.29, 0.717) is 16.7 Å². The van der Waals surface area contributed by atoms with Gasteiger partial charge in [0.1, 0.15) is 5.82 Å². The maximum absolute atomic E-state index is 15.3. The highest BCUT2D eigenvalue weighted by Gasteiger charge is 2.33. The molecule has 5 heteroatoms. The molecule has 4 aromatic carbocycles. The van der Waals surface area contributed by atoms with E-state index in [9.17, 15) is 13.2 Å².